The van der Waals surface area contributed by atoms with E-state index < -0.39 is 18.0 Å². The van der Waals surface area contributed by atoms with Gasteiger partial charge in [-0.1, -0.05) is 26.2 Å². The molecule has 2 rings (SSSR count). The van der Waals surface area contributed by atoms with Gasteiger partial charge in [0.1, 0.15) is 11.3 Å². The zero-order chi connectivity index (χ0) is 21.4. The number of hydrogen-bond donors (Lipinski definition) is 2. The summed E-state index contributed by atoms with van der Waals surface area (Å²) in [5, 5.41) is 12.0. The molecule has 0 aliphatic carbocycles. The molecule has 0 fully saturated rings. The summed E-state index contributed by atoms with van der Waals surface area (Å²) in [5.74, 6) is -0.994. The molecule has 158 valence electrons. The largest absolute Gasteiger partial charge is 0.481 e. The van der Waals surface area contributed by atoms with Gasteiger partial charge in [-0.05, 0) is 44.4 Å². The van der Waals surface area contributed by atoms with E-state index in [1.165, 1.54) is 0 Å². The van der Waals surface area contributed by atoms with Crippen LogP contribution in [0.5, 0.6) is 5.75 Å². The first-order chi connectivity index (χ1) is 13.8. The van der Waals surface area contributed by atoms with Gasteiger partial charge in [-0.25, -0.2) is 4.79 Å². The van der Waals surface area contributed by atoms with E-state index in [1.807, 2.05) is 13.0 Å². The van der Waals surface area contributed by atoms with Crippen molar-refractivity contribution in [2.75, 3.05) is 6.54 Å². The van der Waals surface area contributed by atoms with Crippen molar-refractivity contribution in [2.45, 2.75) is 65.4 Å². The predicted octanol–water partition coefficient (Wildman–Crippen LogP) is 3.58. The second-order valence-electron chi connectivity index (χ2n) is 7.16. The van der Waals surface area contributed by atoms with Gasteiger partial charge in [0.15, 0.2) is 6.10 Å². The molecule has 2 N–H and O–H groups in total. The predicted molar refractivity (Wildman–Crippen MR) is 110 cm³/mol. The molecule has 0 saturated carbocycles. The lowest BCUT2D eigenvalue weighted by Gasteiger charge is -2.15. The highest BCUT2D eigenvalue weighted by atomic mass is 16.5. The van der Waals surface area contributed by atoms with E-state index in [-0.39, 0.29) is 18.6 Å². The SMILES string of the molecule is CCCCCCc1c(C)c2ccc(OC(C)C(=O)NCCC(=O)O)cc2oc1=O. The van der Waals surface area contributed by atoms with Gasteiger partial charge >= 0.3 is 11.6 Å². The Labute approximate surface area is 170 Å². The number of benzene rings is 1. The van der Waals surface area contributed by atoms with E-state index >= 15 is 0 Å². The zero-order valence-corrected chi connectivity index (χ0v) is 17.2. The lowest BCUT2D eigenvalue weighted by atomic mass is 10.0. The summed E-state index contributed by atoms with van der Waals surface area (Å²) in [6.07, 6.45) is 4.08. The third-order valence-electron chi connectivity index (χ3n) is 4.86. The van der Waals surface area contributed by atoms with Crippen molar-refractivity contribution in [1.29, 1.82) is 0 Å². The van der Waals surface area contributed by atoms with Gasteiger partial charge in [0, 0.05) is 23.6 Å². The fourth-order valence-electron chi connectivity index (χ4n) is 3.16. The number of hydrogen-bond acceptors (Lipinski definition) is 5. The van der Waals surface area contributed by atoms with Crippen LogP contribution >= 0.6 is 0 Å². The summed E-state index contributed by atoms with van der Waals surface area (Å²) in [7, 11) is 0. The van der Waals surface area contributed by atoms with E-state index in [9.17, 15) is 14.4 Å². The summed E-state index contributed by atoms with van der Waals surface area (Å²) in [4.78, 5) is 34.9. The van der Waals surface area contributed by atoms with Crippen molar-refractivity contribution in [1.82, 2.24) is 5.32 Å². The number of carboxylic acids is 1. The molecule has 0 radical (unpaired) electrons. The van der Waals surface area contributed by atoms with E-state index in [2.05, 4.69) is 12.2 Å². The van der Waals surface area contributed by atoms with Crippen LogP contribution in [0.25, 0.3) is 11.0 Å². The number of ether oxygens (including phenoxy) is 1. The number of carbonyl (C=O) groups is 2. The molecule has 7 heteroatoms. The highest BCUT2D eigenvalue weighted by Crippen LogP contribution is 2.25. The number of amides is 1. The molecule has 29 heavy (non-hydrogen) atoms. The Hall–Kier alpha value is -2.83. The Bertz CT molecular complexity index is 917. The third kappa shape index (κ3) is 6.34. The van der Waals surface area contributed by atoms with E-state index in [0.29, 0.717) is 23.3 Å². The molecule has 1 aromatic carbocycles. The highest BCUT2D eigenvalue weighted by molar-refractivity contribution is 5.83. The van der Waals surface area contributed by atoms with Crippen LogP contribution < -0.4 is 15.7 Å². The Morgan fingerprint density at radius 1 is 1.24 bits per heavy atom. The average molecular weight is 403 g/mol. The molecule has 0 aliphatic rings. The minimum absolute atomic E-state index is 0.0364. The van der Waals surface area contributed by atoms with Crippen LogP contribution in [0.15, 0.2) is 27.4 Å². The number of nitrogens with one attached hydrogen (secondary N) is 1. The van der Waals surface area contributed by atoms with Crippen molar-refractivity contribution in [2.24, 2.45) is 0 Å². The van der Waals surface area contributed by atoms with Crippen molar-refractivity contribution in [3.05, 3.63) is 39.7 Å². The zero-order valence-electron chi connectivity index (χ0n) is 17.2. The van der Waals surface area contributed by atoms with Gasteiger partial charge in [0.25, 0.3) is 5.91 Å². The van der Waals surface area contributed by atoms with E-state index in [0.717, 1.165) is 36.6 Å². The van der Waals surface area contributed by atoms with Crippen LogP contribution in [-0.2, 0) is 16.0 Å². The van der Waals surface area contributed by atoms with Gasteiger partial charge in [-0.2, -0.15) is 0 Å². The fraction of sp³-hybridized carbons (Fsp3) is 0.500. The lowest BCUT2D eigenvalue weighted by molar-refractivity contribution is -0.137. The molecule has 1 heterocycles. The number of aryl methyl sites for hydroxylation is 1. The summed E-state index contributed by atoms with van der Waals surface area (Å²) < 4.78 is 11.1. The van der Waals surface area contributed by atoms with Gasteiger partial charge in [-0.3, -0.25) is 9.59 Å². The van der Waals surface area contributed by atoms with E-state index in [1.54, 1.807) is 19.1 Å². The first kappa shape index (κ1) is 22.5. The topological polar surface area (TPSA) is 106 Å². The summed E-state index contributed by atoms with van der Waals surface area (Å²) >= 11 is 0. The lowest BCUT2D eigenvalue weighted by Crippen LogP contribution is -2.37. The Morgan fingerprint density at radius 2 is 2.00 bits per heavy atom. The molecule has 1 aromatic heterocycles. The number of rotatable bonds is 11. The normalized spacial score (nSPS) is 12.0. The van der Waals surface area contributed by atoms with E-state index in [4.69, 9.17) is 14.3 Å². The number of aliphatic carboxylic acids is 1. The van der Waals surface area contributed by atoms with Gasteiger partial charge in [0.2, 0.25) is 0 Å². The third-order valence-corrected chi connectivity index (χ3v) is 4.86. The maximum Gasteiger partial charge on any atom is 0.339 e. The molecule has 0 saturated heterocycles. The van der Waals surface area contributed by atoms with Crippen molar-refractivity contribution in [3.63, 3.8) is 0 Å². The molecule has 0 bridgehead atoms. The van der Waals surface area contributed by atoms with Crippen LogP contribution in [0.1, 0.15) is 57.1 Å². The summed E-state index contributed by atoms with van der Waals surface area (Å²) in [5.41, 5.74) is 1.72. The van der Waals surface area contributed by atoms with Gasteiger partial charge in [0.05, 0.1) is 6.42 Å². The average Bonchev–Trinajstić information content (AvgIpc) is 2.66. The quantitative estimate of drug-likeness (QED) is 0.439. The maximum absolute atomic E-state index is 12.4. The molecule has 0 aliphatic heterocycles. The van der Waals surface area contributed by atoms with Crippen LogP contribution in [0.2, 0.25) is 0 Å². The van der Waals surface area contributed by atoms with Crippen LogP contribution in [0, 0.1) is 6.92 Å². The monoisotopic (exact) mass is 403 g/mol. The highest BCUT2D eigenvalue weighted by Gasteiger charge is 2.16. The Balaban J connectivity index is 2.10. The van der Waals surface area contributed by atoms with Crippen molar-refractivity contribution < 1.29 is 23.8 Å². The smallest absolute Gasteiger partial charge is 0.339 e. The minimum atomic E-state index is -0.983. The first-order valence-corrected chi connectivity index (χ1v) is 10.1. The Kier molecular flexibility index (Phi) is 8.24. The molecule has 0 spiro atoms. The first-order valence-electron chi connectivity index (χ1n) is 10.1. The van der Waals surface area contributed by atoms with Gasteiger partial charge < -0.3 is 19.6 Å². The molecular formula is C22H29NO6. The van der Waals surface area contributed by atoms with Crippen LogP contribution in [0.3, 0.4) is 0 Å². The molecular weight excluding hydrogens is 374 g/mol. The second-order valence-corrected chi connectivity index (χ2v) is 7.16. The van der Waals surface area contributed by atoms with Gasteiger partial charge in [-0.15, -0.1) is 0 Å². The molecule has 1 atom stereocenters. The minimum Gasteiger partial charge on any atom is -0.481 e. The molecule has 1 amide bonds. The summed E-state index contributed by atoms with van der Waals surface area (Å²) in [6, 6.07) is 5.16. The second kappa shape index (κ2) is 10.6. The van der Waals surface area contributed by atoms with Crippen LogP contribution in [-0.4, -0.2) is 29.6 Å². The number of unbranched alkanes of at least 4 members (excludes halogenated alkanes) is 3. The van der Waals surface area contributed by atoms with Crippen LogP contribution in [0.4, 0.5) is 0 Å². The number of fused-ring (bicyclic) bond motifs is 1. The standard InChI is InChI=1S/C22H29NO6/c1-4-5-6-7-8-18-14(2)17-10-9-16(13-19(17)29-22(18)27)28-15(3)21(26)23-12-11-20(24)25/h9-10,13,15H,4-8,11-12H2,1-3H3,(H,23,26)(H,24,25). The molecule has 7 nitrogen and oxygen atoms in total. The molecule has 2 aromatic rings. The Morgan fingerprint density at radius 3 is 2.69 bits per heavy atom. The number of carbonyl (C=O) groups excluding carboxylic acids is 1. The van der Waals surface area contributed by atoms with Crippen molar-refractivity contribution >= 4 is 22.8 Å². The maximum atomic E-state index is 12.4. The summed E-state index contributed by atoms with van der Waals surface area (Å²) in [6.45, 7) is 5.68. The van der Waals surface area contributed by atoms with Crippen molar-refractivity contribution in [3.8, 4) is 5.75 Å². The fourth-order valence-corrected chi connectivity index (χ4v) is 3.16. The molecule has 1 unspecified atom stereocenters. The number of carboxylic acid groups (broad SMARTS) is 1.